The summed E-state index contributed by atoms with van der Waals surface area (Å²) in [6, 6.07) is 7.59. The van der Waals surface area contributed by atoms with Crippen LogP contribution in [0, 0.1) is 6.92 Å². The van der Waals surface area contributed by atoms with Gasteiger partial charge in [-0.1, -0.05) is 18.2 Å². The fourth-order valence-corrected chi connectivity index (χ4v) is 3.39. The van der Waals surface area contributed by atoms with Gasteiger partial charge in [-0.2, -0.15) is 0 Å². The largest absolute Gasteiger partial charge is 0.455 e. The van der Waals surface area contributed by atoms with Crippen LogP contribution in [0.25, 0.3) is 10.9 Å². The van der Waals surface area contributed by atoms with Gasteiger partial charge in [0.25, 0.3) is 0 Å². The number of carbonyl (C=O) groups is 2. The second kappa shape index (κ2) is 7.01. The van der Waals surface area contributed by atoms with Crippen LogP contribution >= 0.6 is 11.3 Å². The van der Waals surface area contributed by atoms with Gasteiger partial charge in [0.2, 0.25) is 5.78 Å². The van der Waals surface area contributed by atoms with Gasteiger partial charge < -0.3 is 14.2 Å². The van der Waals surface area contributed by atoms with Gasteiger partial charge in [-0.3, -0.25) is 4.79 Å². The Bertz CT molecular complexity index is 966. The molecular formula is C19H22N3O3S+. The van der Waals surface area contributed by atoms with E-state index in [2.05, 4.69) is 9.97 Å². The molecule has 1 aromatic carbocycles. The number of hydrogen-bond acceptors (Lipinski definition) is 5. The van der Waals surface area contributed by atoms with E-state index in [9.17, 15) is 9.59 Å². The summed E-state index contributed by atoms with van der Waals surface area (Å²) in [5, 5.41) is 1.14. The first kappa shape index (κ1) is 18.3. The molecule has 0 radical (unpaired) electrons. The number of para-hydroxylation sites is 1. The highest BCUT2D eigenvalue weighted by Crippen LogP contribution is 2.25. The molecule has 0 fully saturated rings. The van der Waals surface area contributed by atoms with Crippen molar-refractivity contribution in [2.45, 2.75) is 6.92 Å². The number of likely N-dealkylation sites (N-methyl/N-ethyl adjacent to an activating group) is 1. The molecule has 26 heavy (non-hydrogen) atoms. The topological polar surface area (TPSA) is 72.0 Å². The number of benzene rings is 1. The lowest BCUT2D eigenvalue weighted by molar-refractivity contribution is -0.870. The second-order valence-corrected chi connectivity index (χ2v) is 8.35. The van der Waals surface area contributed by atoms with Crippen LogP contribution in [0.4, 0.5) is 0 Å². The van der Waals surface area contributed by atoms with Crippen molar-refractivity contribution in [3.05, 3.63) is 51.6 Å². The van der Waals surface area contributed by atoms with E-state index >= 15 is 0 Å². The number of quaternary nitrogens is 1. The third-order valence-electron chi connectivity index (χ3n) is 4.01. The normalized spacial score (nSPS) is 11.7. The molecule has 136 valence electrons. The Balaban J connectivity index is 1.79. The maximum atomic E-state index is 12.8. The van der Waals surface area contributed by atoms with Crippen LogP contribution in [0.1, 0.15) is 30.7 Å². The molecular weight excluding hydrogens is 350 g/mol. The smallest absolute Gasteiger partial charge is 0.358 e. The van der Waals surface area contributed by atoms with Crippen molar-refractivity contribution < 1.29 is 18.8 Å². The van der Waals surface area contributed by atoms with E-state index in [1.165, 1.54) is 11.3 Å². The minimum Gasteiger partial charge on any atom is -0.455 e. The number of aryl methyl sites for hydroxylation is 1. The first-order valence-electron chi connectivity index (χ1n) is 8.32. The number of aromatic nitrogens is 2. The maximum absolute atomic E-state index is 12.8. The Morgan fingerprint density at radius 2 is 1.96 bits per heavy atom. The molecule has 2 heterocycles. The number of ether oxygens (including phenoxy) is 1. The molecule has 6 nitrogen and oxygen atoms in total. The Hall–Kier alpha value is -2.51. The molecule has 0 atom stereocenters. The van der Waals surface area contributed by atoms with Crippen LogP contribution < -0.4 is 0 Å². The van der Waals surface area contributed by atoms with E-state index in [4.69, 9.17) is 4.74 Å². The third-order valence-corrected chi connectivity index (χ3v) is 4.98. The predicted molar refractivity (Wildman–Crippen MR) is 102 cm³/mol. The number of aromatic amines is 1. The number of nitrogens with one attached hydrogen (secondary N) is 1. The van der Waals surface area contributed by atoms with Crippen molar-refractivity contribution in [1.82, 2.24) is 9.97 Å². The summed E-state index contributed by atoms with van der Waals surface area (Å²) in [5.41, 5.74) is 1.67. The molecule has 1 N–H and O–H groups in total. The van der Waals surface area contributed by atoms with E-state index in [1.807, 2.05) is 45.4 Å². The fraction of sp³-hybridized carbons (Fsp3) is 0.316. The Kier molecular flexibility index (Phi) is 4.93. The average molecular weight is 372 g/mol. The molecule has 2 aromatic heterocycles. The SMILES string of the molecule is Cc1sc(C(=O)c2c[nH]c3ccccc23)nc1C(=O)OCC[N+](C)(C)C. The Morgan fingerprint density at radius 1 is 1.23 bits per heavy atom. The molecule has 3 rings (SSSR count). The van der Waals surface area contributed by atoms with Crippen molar-refractivity contribution in [3.8, 4) is 0 Å². The molecule has 0 aliphatic heterocycles. The third kappa shape index (κ3) is 3.84. The first-order valence-corrected chi connectivity index (χ1v) is 9.14. The van der Waals surface area contributed by atoms with Crippen molar-refractivity contribution >= 4 is 34.0 Å². The highest BCUT2D eigenvalue weighted by molar-refractivity contribution is 7.14. The summed E-state index contributed by atoms with van der Waals surface area (Å²) in [4.78, 5) is 33.1. The van der Waals surface area contributed by atoms with Gasteiger partial charge in [-0.05, 0) is 13.0 Å². The van der Waals surface area contributed by atoms with Crippen molar-refractivity contribution in [2.24, 2.45) is 0 Å². The highest BCUT2D eigenvalue weighted by Gasteiger charge is 2.23. The maximum Gasteiger partial charge on any atom is 0.358 e. The molecule has 0 aliphatic carbocycles. The second-order valence-electron chi connectivity index (χ2n) is 7.15. The van der Waals surface area contributed by atoms with Gasteiger partial charge >= 0.3 is 5.97 Å². The molecule has 0 unspecified atom stereocenters. The fourth-order valence-electron chi connectivity index (χ4n) is 2.54. The summed E-state index contributed by atoms with van der Waals surface area (Å²) in [5.74, 6) is -0.675. The van der Waals surface area contributed by atoms with E-state index in [0.717, 1.165) is 10.9 Å². The minimum absolute atomic E-state index is 0.194. The van der Waals surface area contributed by atoms with Gasteiger partial charge in [0.15, 0.2) is 10.7 Å². The molecule has 0 amide bonds. The van der Waals surface area contributed by atoms with Crippen LogP contribution in [0.2, 0.25) is 0 Å². The minimum atomic E-state index is -0.481. The number of nitrogens with zero attached hydrogens (tertiary/aromatic N) is 2. The summed E-state index contributed by atoms with van der Waals surface area (Å²) < 4.78 is 6.01. The quantitative estimate of drug-likeness (QED) is 0.410. The van der Waals surface area contributed by atoms with E-state index in [1.54, 1.807) is 13.1 Å². The van der Waals surface area contributed by atoms with Gasteiger partial charge in [-0.25, -0.2) is 9.78 Å². The van der Waals surface area contributed by atoms with Gasteiger partial charge in [0.1, 0.15) is 13.2 Å². The summed E-state index contributed by atoms with van der Waals surface area (Å²) >= 11 is 1.22. The number of carbonyl (C=O) groups excluding carboxylic acids is 2. The van der Waals surface area contributed by atoms with E-state index < -0.39 is 5.97 Å². The van der Waals surface area contributed by atoms with E-state index in [-0.39, 0.29) is 11.5 Å². The monoisotopic (exact) mass is 372 g/mol. The number of esters is 1. The Labute approximate surface area is 156 Å². The number of hydrogen-bond donors (Lipinski definition) is 1. The zero-order valence-electron chi connectivity index (χ0n) is 15.3. The molecule has 0 saturated heterocycles. The first-order chi connectivity index (χ1) is 12.3. The van der Waals surface area contributed by atoms with Crippen LogP contribution in [0.3, 0.4) is 0 Å². The van der Waals surface area contributed by atoms with Gasteiger partial charge in [-0.15, -0.1) is 11.3 Å². The average Bonchev–Trinajstić information content (AvgIpc) is 3.16. The number of ketones is 1. The summed E-state index contributed by atoms with van der Waals surface area (Å²) in [6.45, 7) is 2.79. The zero-order chi connectivity index (χ0) is 18.9. The lowest BCUT2D eigenvalue weighted by Gasteiger charge is -2.23. The molecule has 0 spiro atoms. The van der Waals surface area contributed by atoms with Gasteiger partial charge in [0.05, 0.1) is 26.7 Å². The standard InChI is InChI=1S/C19H21N3O3S/c1-12-16(19(24)25-10-9-22(2,3)4)21-18(26-12)17(23)14-11-20-15-8-6-5-7-13(14)15/h5-8,11H,9-10H2,1-4H3/p+1. The number of H-pyrrole nitrogens is 1. The predicted octanol–water partition coefficient (Wildman–Crippen LogP) is 3.03. The number of rotatable bonds is 6. The molecule has 0 aliphatic rings. The van der Waals surface area contributed by atoms with Crippen LogP contribution in [-0.4, -0.2) is 60.5 Å². The van der Waals surface area contributed by atoms with E-state index in [0.29, 0.717) is 33.1 Å². The number of fused-ring (bicyclic) bond motifs is 1. The number of thiazole rings is 1. The van der Waals surface area contributed by atoms with Crippen molar-refractivity contribution in [3.63, 3.8) is 0 Å². The zero-order valence-corrected chi connectivity index (χ0v) is 16.1. The molecule has 3 aromatic rings. The van der Waals surface area contributed by atoms with Crippen LogP contribution in [0.5, 0.6) is 0 Å². The van der Waals surface area contributed by atoms with Crippen LogP contribution in [-0.2, 0) is 4.74 Å². The highest BCUT2D eigenvalue weighted by atomic mass is 32.1. The lowest BCUT2D eigenvalue weighted by atomic mass is 10.1. The lowest BCUT2D eigenvalue weighted by Crippen LogP contribution is -2.38. The van der Waals surface area contributed by atoms with Gasteiger partial charge in [0, 0.05) is 22.0 Å². The Morgan fingerprint density at radius 3 is 2.69 bits per heavy atom. The summed E-state index contributed by atoms with van der Waals surface area (Å²) in [7, 11) is 6.08. The molecule has 7 heteroatoms. The molecule has 0 saturated carbocycles. The van der Waals surface area contributed by atoms with Crippen molar-refractivity contribution in [2.75, 3.05) is 34.3 Å². The summed E-state index contributed by atoms with van der Waals surface area (Å²) in [6.07, 6.45) is 1.68. The van der Waals surface area contributed by atoms with Crippen molar-refractivity contribution in [1.29, 1.82) is 0 Å². The van der Waals surface area contributed by atoms with Crippen LogP contribution in [0.15, 0.2) is 30.5 Å². The molecule has 0 bridgehead atoms.